The Bertz CT molecular complexity index is 1940. The van der Waals surface area contributed by atoms with Gasteiger partial charge in [-0.05, 0) is 81.5 Å². The van der Waals surface area contributed by atoms with E-state index in [1.165, 1.54) is 55.6 Å². The van der Waals surface area contributed by atoms with E-state index in [-0.39, 0.29) is 0 Å². The number of hydrogen-bond donors (Lipinski definition) is 0. The predicted molar refractivity (Wildman–Crippen MR) is 157 cm³/mol. The van der Waals surface area contributed by atoms with Gasteiger partial charge in [-0.25, -0.2) is 15.0 Å². The van der Waals surface area contributed by atoms with Gasteiger partial charge in [0.2, 0.25) is 0 Å². The van der Waals surface area contributed by atoms with Gasteiger partial charge in [-0.2, -0.15) is 0 Å². The molecule has 0 fully saturated rings. The van der Waals surface area contributed by atoms with Gasteiger partial charge in [-0.15, -0.1) is 0 Å². The molecule has 6 aromatic rings. The fourth-order valence-corrected chi connectivity index (χ4v) is 6.36. The maximum atomic E-state index is 5.04. The summed E-state index contributed by atoms with van der Waals surface area (Å²) in [5.74, 6) is 2.16. The van der Waals surface area contributed by atoms with Gasteiger partial charge in [-0.3, -0.25) is 0 Å². The number of nitrogens with zero attached hydrogens (tertiary/aromatic N) is 3. The first-order valence-electron chi connectivity index (χ1n) is 13.5. The Morgan fingerprint density at radius 1 is 0.462 bits per heavy atom. The van der Waals surface area contributed by atoms with Crippen LogP contribution in [0.1, 0.15) is 28.1 Å². The molecule has 0 atom stereocenters. The first kappa shape index (κ1) is 22.1. The highest BCUT2D eigenvalue weighted by molar-refractivity contribution is 5.89. The first-order valence-corrected chi connectivity index (χ1v) is 13.5. The molecule has 0 amide bonds. The molecule has 2 aliphatic rings. The van der Waals surface area contributed by atoms with Gasteiger partial charge < -0.3 is 0 Å². The topological polar surface area (TPSA) is 38.7 Å². The van der Waals surface area contributed by atoms with Crippen LogP contribution < -0.4 is 0 Å². The summed E-state index contributed by atoms with van der Waals surface area (Å²) in [5.41, 5.74) is 15.2. The normalized spacial score (nSPS) is 12.5. The van der Waals surface area contributed by atoms with Crippen LogP contribution in [0.2, 0.25) is 0 Å². The van der Waals surface area contributed by atoms with Crippen LogP contribution in [0.5, 0.6) is 0 Å². The summed E-state index contributed by atoms with van der Waals surface area (Å²) >= 11 is 0. The average molecular weight is 500 g/mol. The fourth-order valence-electron chi connectivity index (χ4n) is 6.36. The number of rotatable bonds is 3. The van der Waals surface area contributed by atoms with Crippen molar-refractivity contribution in [1.29, 1.82) is 0 Å². The predicted octanol–water partition coefficient (Wildman–Crippen LogP) is 8.32. The van der Waals surface area contributed by atoms with E-state index in [1.807, 2.05) is 6.92 Å². The second-order valence-corrected chi connectivity index (χ2v) is 10.4. The highest BCUT2D eigenvalue weighted by Crippen LogP contribution is 2.43. The van der Waals surface area contributed by atoms with Crippen molar-refractivity contribution in [2.75, 3.05) is 0 Å². The molecule has 39 heavy (non-hydrogen) atoms. The zero-order valence-electron chi connectivity index (χ0n) is 21.6. The lowest BCUT2D eigenvalue weighted by Gasteiger charge is -2.12. The molecule has 0 unspecified atom stereocenters. The van der Waals surface area contributed by atoms with Crippen LogP contribution in [0, 0.1) is 6.92 Å². The molecule has 2 aliphatic carbocycles. The lowest BCUT2D eigenvalue weighted by molar-refractivity contribution is 0.992. The zero-order chi connectivity index (χ0) is 25.9. The van der Waals surface area contributed by atoms with Crippen molar-refractivity contribution >= 4 is 0 Å². The summed E-state index contributed by atoms with van der Waals surface area (Å²) in [6.45, 7) is 1.96. The zero-order valence-corrected chi connectivity index (χ0v) is 21.6. The third kappa shape index (κ3) is 3.54. The standard InChI is InChI=1S/C36H25N3/c1-22-37-35(39-36(38-22)32-18-7-12-26-19-24-9-3-5-15-30(24)34(26)32)27-13-6-11-23(20-27)29-16-8-17-31-28-14-4-2-10-25(28)21-33(29)31/h2-18,20H,19,21H2,1H3. The fraction of sp³-hybridized carbons (Fsp3) is 0.0833. The van der Waals surface area contributed by atoms with Crippen LogP contribution >= 0.6 is 0 Å². The second kappa shape index (κ2) is 8.57. The summed E-state index contributed by atoms with van der Waals surface area (Å²) in [4.78, 5) is 14.6. The monoisotopic (exact) mass is 499 g/mol. The number of hydrogen-bond acceptors (Lipinski definition) is 3. The molecule has 0 radical (unpaired) electrons. The molecule has 1 heterocycles. The molecular formula is C36H25N3. The number of fused-ring (bicyclic) bond motifs is 6. The van der Waals surface area contributed by atoms with Crippen LogP contribution in [-0.4, -0.2) is 15.0 Å². The van der Waals surface area contributed by atoms with Crippen molar-refractivity contribution in [3.8, 4) is 56.2 Å². The number of aromatic nitrogens is 3. The summed E-state index contributed by atoms with van der Waals surface area (Å²) in [7, 11) is 0. The van der Waals surface area contributed by atoms with E-state index in [4.69, 9.17) is 15.0 Å². The van der Waals surface area contributed by atoms with Crippen LogP contribution in [0.3, 0.4) is 0 Å². The second-order valence-electron chi connectivity index (χ2n) is 10.4. The van der Waals surface area contributed by atoms with Gasteiger partial charge in [-0.1, -0.05) is 103 Å². The minimum absolute atomic E-state index is 0.707. The molecule has 0 saturated heterocycles. The molecular weight excluding hydrogens is 474 g/mol. The quantitative estimate of drug-likeness (QED) is 0.245. The van der Waals surface area contributed by atoms with Gasteiger partial charge in [0.15, 0.2) is 11.6 Å². The van der Waals surface area contributed by atoms with E-state index in [2.05, 4.69) is 109 Å². The van der Waals surface area contributed by atoms with Crippen molar-refractivity contribution in [2.24, 2.45) is 0 Å². The van der Waals surface area contributed by atoms with E-state index in [1.54, 1.807) is 0 Å². The average Bonchev–Trinajstić information content (AvgIpc) is 3.55. The van der Waals surface area contributed by atoms with E-state index < -0.39 is 0 Å². The molecule has 0 aliphatic heterocycles. The van der Waals surface area contributed by atoms with Gasteiger partial charge >= 0.3 is 0 Å². The molecule has 3 heteroatoms. The van der Waals surface area contributed by atoms with Crippen molar-refractivity contribution in [3.63, 3.8) is 0 Å². The Morgan fingerprint density at radius 3 is 1.97 bits per heavy atom. The van der Waals surface area contributed by atoms with Crippen molar-refractivity contribution in [3.05, 3.63) is 137 Å². The minimum Gasteiger partial charge on any atom is -0.213 e. The van der Waals surface area contributed by atoms with E-state index in [0.29, 0.717) is 5.82 Å². The molecule has 5 aromatic carbocycles. The molecule has 184 valence electrons. The van der Waals surface area contributed by atoms with Gasteiger partial charge in [0.1, 0.15) is 5.82 Å². The van der Waals surface area contributed by atoms with Gasteiger partial charge in [0.05, 0.1) is 0 Å². The van der Waals surface area contributed by atoms with E-state index in [9.17, 15) is 0 Å². The summed E-state index contributed by atoms with van der Waals surface area (Å²) < 4.78 is 0. The molecule has 0 spiro atoms. The van der Waals surface area contributed by atoms with Crippen LogP contribution in [0.15, 0.2) is 109 Å². The summed E-state index contributed by atoms with van der Waals surface area (Å²) in [5, 5.41) is 0. The van der Waals surface area contributed by atoms with Gasteiger partial charge in [0.25, 0.3) is 0 Å². The Hall–Kier alpha value is -4.89. The Morgan fingerprint density at radius 2 is 1.08 bits per heavy atom. The van der Waals surface area contributed by atoms with E-state index >= 15 is 0 Å². The largest absolute Gasteiger partial charge is 0.213 e. The third-order valence-electron chi connectivity index (χ3n) is 8.09. The number of benzene rings is 5. The van der Waals surface area contributed by atoms with Crippen molar-refractivity contribution in [2.45, 2.75) is 19.8 Å². The van der Waals surface area contributed by atoms with Crippen LogP contribution in [0.4, 0.5) is 0 Å². The van der Waals surface area contributed by atoms with Gasteiger partial charge in [0, 0.05) is 11.1 Å². The maximum Gasteiger partial charge on any atom is 0.164 e. The Labute approximate surface area is 227 Å². The summed E-state index contributed by atoms with van der Waals surface area (Å²) in [6, 6.07) is 39.1. The highest BCUT2D eigenvalue weighted by atomic mass is 15.0. The Balaban J connectivity index is 1.23. The molecule has 3 nitrogen and oxygen atoms in total. The molecule has 8 rings (SSSR count). The maximum absolute atomic E-state index is 5.04. The molecule has 0 saturated carbocycles. The van der Waals surface area contributed by atoms with Crippen LogP contribution in [-0.2, 0) is 12.8 Å². The minimum atomic E-state index is 0.707. The molecule has 0 N–H and O–H groups in total. The number of aryl methyl sites for hydroxylation is 1. The highest BCUT2D eigenvalue weighted by Gasteiger charge is 2.24. The third-order valence-corrected chi connectivity index (χ3v) is 8.09. The smallest absolute Gasteiger partial charge is 0.164 e. The SMILES string of the molecule is Cc1nc(-c2cccc(-c3cccc4c3Cc3ccccc3-4)c2)nc(-c2cccc3c2-c2ccccc2C3)n1. The lowest BCUT2D eigenvalue weighted by atomic mass is 9.94. The lowest BCUT2D eigenvalue weighted by Crippen LogP contribution is -2.01. The summed E-state index contributed by atoms with van der Waals surface area (Å²) in [6.07, 6.45) is 1.91. The van der Waals surface area contributed by atoms with Crippen molar-refractivity contribution < 1.29 is 0 Å². The first-order chi connectivity index (χ1) is 19.2. The molecule has 0 bridgehead atoms. The molecule has 1 aromatic heterocycles. The van der Waals surface area contributed by atoms with Crippen LogP contribution in [0.25, 0.3) is 56.2 Å². The Kier molecular flexibility index (Phi) is 4.86. The van der Waals surface area contributed by atoms with Crippen molar-refractivity contribution in [1.82, 2.24) is 15.0 Å². The van der Waals surface area contributed by atoms with E-state index in [0.717, 1.165) is 35.6 Å².